The van der Waals surface area contributed by atoms with Crippen molar-refractivity contribution in [1.82, 2.24) is 0 Å². The molecule has 6 nitrogen and oxygen atoms in total. The summed E-state index contributed by atoms with van der Waals surface area (Å²) >= 11 is 0. The van der Waals surface area contributed by atoms with Crippen molar-refractivity contribution in [3.63, 3.8) is 0 Å². The number of carbonyl (C=O) groups excluding carboxylic acids is 1. The molecule has 0 amide bonds. The molecule has 0 bridgehead atoms. The maximum atomic E-state index is 12.7. The maximum absolute atomic E-state index is 12.7. The van der Waals surface area contributed by atoms with Crippen molar-refractivity contribution < 1.29 is 29.1 Å². The number of hydrogen-bond acceptors (Lipinski definition) is 6. The van der Waals surface area contributed by atoms with Crippen LogP contribution < -0.4 is 14.2 Å². The van der Waals surface area contributed by atoms with Crippen molar-refractivity contribution in [3.05, 3.63) is 65.7 Å². The second kappa shape index (κ2) is 7.59. The third-order valence-electron chi connectivity index (χ3n) is 4.39. The third-order valence-corrected chi connectivity index (χ3v) is 4.39. The quantitative estimate of drug-likeness (QED) is 0.484. The lowest BCUT2D eigenvalue weighted by Gasteiger charge is -2.32. The molecule has 3 rings (SSSR count). The number of rotatable bonds is 6. The second-order valence-corrected chi connectivity index (χ2v) is 5.79. The van der Waals surface area contributed by atoms with Gasteiger partial charge in [-0.25, -0.2) is 4.89 Å². The zero-order chi connectivity index (χ0) is 18.7. The van der Waals surface area contributed by atoms with E-state index in [1.165, 1.54) is 7.11 Å². The van der Waals surface area contributed by atoms with Crippen molar-refractivity contribution in [1.29, 1.82) is 0 Å². The van der Waals surface area contributed by atoms with Crippen LogP contribution in [0.25, 0.3) is 0 Å². The van der Waals surface area contributed by atoms with Gasteiger partial charge in [0.05, 0.1) is 19.8 Å². The molecule has 1 aliphatic heterocycles. The monoisotopic (exact) mass is 356 g/mol. The first-order valence-corrected chi connectivity index (χ1v) is 8.11. The predicted molar refractivity (Wildman–Crippen MR) is 95.1 cm³/mol. The Morgan fingerprint density at radius 3 is 2.62 bits per heavy atom. The van der Waals surface area contributed by atoms with Gasteiger partial charge in [-0.3, -0.25) is 10.1 Å². The Hall–Kier alpha value is -2.83. The van der Waals surface area contributed by atoms with Gasteiger partial charge in [-0.05, 0) is 24.6 Å². The van der Waals surface area contributed by atoms with Crippen molar-refractivity contribution >= 4 is 5.78 Å². The number of benzene rings is 2. The lowest BCUT2D eigenvalue weighted by atomic mass is 9.89. The van der Waals surface area contributed by atoms with Crippen LogP contribution in [-0.4, -0.2) is 31.4 Å². The number of carbonyl (C=O) groups is 1. The molecule has 0 aliphatic carbocycles. The Labute approximate surface area is 151 Å². The van der Waals surface area contributed by atoms with Crippen molar-refractivity contribution in [3.8, 4) is 17.2 Å². The summed E-state index contributed by atoms with van der Waals surface area (Å²) in [7, 11) is 3.09. The van der Waals surface area contributed by atoms with E-state index in [1.807, 2.05) is 0 Å². The summed E-state index contributed by atoms with van der Waals surface area (Å²) in [6, 6.07) is 10.4. The molecule has 0 unspecified atom stereocenters. The standard InChI is InChI=1S/C20H20O6/c1-4-7-12-13(10-11-16(23-2)18(12)24-3)19-20(26-22)17(21)14-8-5-6-9-15(14)25-19/h4-6,8-11,19-20,22H,1,7H2,2-3H3/t19-,20-/m1/s1. The predicted octanol–water partition coefficient (Wildman–Crippen LogP) is 3.61. The first-order valence-electron chi connectivity index (χ1n) is 8.11. The molecule has 0 spiro atoms. The van der Waals surface area contributed by atoms with E-state index in [9.17, 15) is 10.1 Å². The first kappa shape index (κ1) is 18.0. The highest BCUT2D eigenvalue weighted by Crippen LogP contribution is 2.42. The molecule has 0 radical (unpaired) electrons. The summed E-state index contributed by atoms with van der Waals surface area (Å²) in [4.78, 5) is 17.3. The highest BCUT2D eigenvalue weighted by Gasteiger charge is 2.41. The van der Waals surface area contributed by atoms with Gasteiger partial charge in [-0.15, -0.1) is 6.58 Å². The summed E-state index contributed by atoms with van der Waals surface area (Å²) in [5.74, 6) is 1.17. The summed E-state index contributed by atoms with van der Waals surface area (Å²) < 4.78 is 16.9. The number of allylic oxidation sites excluding steroid dienone is 1. The highest BCUT2D eigenvalue weighted by molar-refractivity contribution is 6.03. The van der Waals surface area contributed by atoms with Crippen LogP contribution in [0.3, 0.4) is 0 Å². The van der Waals surface area contributed by atoms with Gasteiger partial charge >= 0.3 is 0 Å². The molecule has 0 fully saturated rings. The minimum absolute atomic E-state index is 0.348. The first-order chi connectivity index (χ1) is 12.7. The van der Waals surface area contributed by atoms with E-state index in [-0.39, 0.29) is 5.78 Å². The molecule has 1 N–H and O–H groups in total. The van der Waals surface area contributed by atoms with Gasteiger partial charge in [0.2, 0.25) is 5.78 Å². The number of fused-ring (bicyclic) bond motifs is 1. The number of methoxy groups -OCH3 is 2. The van der Waals surface area contributed by atoms with Crippen LogP contribution in [0.1, 0.15) is 27.6 Å². The molecule has 1 heterocycles. The normalized spacial score (nSPS) is 18.7. The molecule has 1 aliphatic rings. The van der Waals surface area contributed by atoms with Gasteiger partial charge in [0.1, 0.15) is 5.75 Å². The minimum atomic E-state index is -1.19. The SMILES string of the molecule is C=CCc1c([C@H]2Oc3ccccc3C(=O)[C@H]2OO)ccc(OC)c1OC. The highest BCUT2D eigenvalue weighted by atomic mass is 17.1. The molecule has 2 atom stereocenters. The second-order valence-electron chi connectivity index (χ2n) is 5.79. The van der Waals surface area contributed by atoms with Crippen molar-refractivity contribution in [2.24, 2.45) is 0 Å². The molecule has 6 heteroatoms. The summed E-state index contributed by atoms with van der Waals surface area (Å²) in [5, 5.41) is 9.39. The molecule has 0 aromatic heterocycles. The molecule has 2 aromatic carbocycles. The van der Waals surface area contributed by atoms with E-state index in [0.29, 0.717) is 34.8 Å². The number of hydrogen-bond donors (Lipinski definition) is 1. The van der Waals surface area contributed by atoms with Gasteiger partial charge in [-0.2, -0.15) is 0 Å². The molecule has 0 saturated heterocycles. The van der Waals surface area contributed by atoms with E-state index in [1.54, 1.807) is 49.6 Å². The average Bonchev–Trinajstić information content (AvgIpc) is 2.67. The van der Waals surface area contributed by atoms with Crippen LogP contribution in [-0.2, 0) is 11.3 Å². The topological polar surface area (TPSA) is 74.2 Å². The van der Waals surface area contributed by atoms with Crippen LogP contribution in [0.5, 0.6) is 17.2 Å². The molecule has 136 valence electrons. The molecule has 0 saturated carbocycles. The molecule has 26 heavy (non-hydrogen) atoms. The van der Waals surface area contributed by atoms with Gasteiger partial charge in [0.25, 0.3) is 0 Å². The Morgan fingerprint density at radius 2 is 1.96 bits per heavy atom. The molecule has 2 aromatic rings. The van der Waals surface area contributed by atoms with E-state index in [4.69, 9.17) is 14.2 Å². The van der Waals surface area contributed by atoms with Gasteiger partial charge in [0.15, 0.2) is 23.7 Å². The maximum Gasteiger partial charge on any atom is 0.202 e. The van der Waals surface area contributed by atoms with Crippen LogP contribution in [0.2, 0.25) is 0 Å². The Morgan fingerprint density at radius 1 is 1.19 bits per heavy atom. The lowest BCUT2D eigenvalue weighted by Crippen LogP contribution is -2.38. The van der Waals surface area contributed by atoms with Crippen molar-refractivity contribution in [2.75, 3.05) is 14.2 Å². The zero-order valence-electron chi connectivity index (χ0n) is 14.6. The van der Waals surface area contributed by atoms with E-state index < -0.39 is 12.2 Å². The van der Waals surface area contributed by atoms with E-state index in [2.05, 4.69) is 11.5 Å². The number of Topliss-reactive ketones (excluding diaryl/α,β-unsaturated/α-hetero) is 1. The Kier molecular flexibility index (Phi) is 5.25. The minimum Gasteiger partial charge on any atom is -0.493 e. The fourth-order valence-corrected chi connectivity index (χ4v) is 3.22. The number of ether oxygens (including phenoxy) is 3. The van der Waals surface area contributed by atoms with Crippen molar-refractivity contribution in [2.45, 2.75) is 18.6 Å². The fraction of sp³-hybridized carbons (Fsp3) is 0.250. The summed E-state index contributed by atoms with van der Waals surface area (Å²) in [6.07, 6.45) is 0.154. The van der Waals surface area contributed by atoms with Crippen LogP contribution >= 0.6 is 0 Å². The van der Waals surface area contributed by atoms with Gasteiger partial charge < -0.3 is 14.2 Å². The lowest BCUT2D eigenvalue weighted by molar-refractivity contribution is -0.280. The van der Waals surface area contributed by atoms with Gasteiger partial charge in [0, 0.05) is 11.1 Å². The largest absolute Gasteiger partial charge is 0.493 e. The van der Waals surface area contributed by atoms with Gasteiger partial charge in [-0.1, -0.05) is 24.3 Å². The Balaban J connectivity index is 2.16. The van der Waals surface area contributed by atoms with Crippen LogP contribution in [0.15, 0.2) is 49.1 Å². The van der Waals surface area contributed by atoms with E-state index >= 15 is 0 Å². The Bertz CT molecular complexity index is 829. The van der Waals surface area contributed by atoms with Crippen LogP contribution in [0, 0.1) is 0 Å². The van der Waals surface area contributed by atoms with Crippen LogP contribution in [0.4, 0.5) is 0 Å². The summed E-state index contributed by atoms with van der Waals surface area (Å²) in [5.41, 5.74) is 1.78. The van der Waals surface area contributed by atoms with E-state index in [0.717, 1.165) is 5.56 Å². The number of para-hydroxylation sites is 1. The smallest absolute Gasteiger partial charge is 0.202 e. The molecular formula is C20H20O6. The number of ketones is 1. The molecular weight excluding hydrogens is 336 g/mol. The zero-order valence-corrected chi connectivity index (χ0v) is 14.6. The third kappa shape index (κ3) is 2.94. The fourth-order valence-electron chi connectivity index (χ4n) is 3.22. The average molecular weight is 356 g/mol. The summed E-state index contributed by atoms with van der Waals surface area (Å²) in [6.45, 7) is 3.78.